The molecule has 1 atom stereocenters. The lowest BCUT2D eigenvalue weighted by Crippen LogP contribution is -2.59. The van der Waals surface area contributed by atoms with Gasteiger partial charge in [0.2, 0.25) is 11.8 Å². The van der Waals surface area contributed by atoms with Crippen LogP contribution >= 0.6 is 0 Å². The minimum atomic E-state index is -4.90. The molecule has 0 bridgehead atoms. The van der Waals surface area contributed by atoms with Gasteiger partial charge in [-0.1, -0.05) is 12.1 Å². The van der Waals surface area contributed by atoms with Crippen LogP contribution in [-0.4, -0.2) is 52.7 Å². The van der Waals surface area contributed by atoms with Crippen LogP contribution in [0.25, 0.3) is 0 Å². The number of rotatable bonds is 4. The van der Waals surface area contributed by atoms with Gasteiger partial charge in [0.05, 0.1) is 7.05 Å². The zero-order valence-electron chi connectivity index (χ0n) is 17.9. The van der Waals surface area contributed by atoms with Gasteiger partial charge in [0, 0.05) is 27.9 Å². The first-order valence-electron chi connectivity index (χ1n) is 9.46. The number of hydrogen-bond acceptors (Lipinski definition) is 5. The first kappa shape index (κ1) is 23.1. The molecule has 2 heterocycles. The topological polar surface area (TPSA) is 98.8 Å². The maximum absolute atomic E-state index is 13.0. The number of carbonyl (C=O) groups is 3. The third-order valence-electron chi connectivity index (χ3n) is 5.73. The fourth-order valence-electron chi connectivity index (χ4n) is 3.79. The molecule has 32 heavy (non-hydrogen) atoms. The van der Waals surface area contributed by atoms with E-state index in [9.17, 15) is 32.8 Å². The molecule has 0 aliphatic carbocycles. The molecular weight excluding hydrogens is 433 g/mol. The monoisotopic (exact) mass is 454 g/mol. The predicted octanol–water partition coefficient (Wildman–Crippen LogP) is 1.97. The Hall–Kier alpha value is -3.57. The van der Waals surface area contributed by atoms with Crippen LogP contribution in [0.1, 0.15) is 28.7 Å². The minimum absolute atomic E-state index is 0.0346. The van der Waals surface area contributed by atoms with Gasteiger partial charge in [-0.3, -0.25) is 19.4 Å². The van der Waals surface area contributed by atoms with Gasteiger partial charge < -0.3 is 9.94 Å². The van der Waals surface area contributed by atoms with Crippen molar-refractivity contribution < 1.29 is 37.0 Å². The van der Waals surface area contributed by atoms with Crippen LogP contribution in [-0.2, 0) is 16.6 Å². The van der Waals surface area contributed by atoms with E-state index in [1.165, 1.54) is 30.8 Å². The summed E-state index contributed by atoms with van der Waals surface area (Å²) in [6.07, 6.45) is -4.90. The molecule has 0 radical (unpaired) electrons. The molecule has 172 valence electrons. The largest absolute Gasteiger partial charge is 0.711 e. The average molecular weight is 454 g/mol. The number of carbonyl (C=O) groups excluding carboxylic acids is 3. The summed E-state index contributed by atoms with van der Waals surface area (Å²) in [5.74, 6) is -4.77. The van der Waals surface area contributed by atoms with Crippen LogP contribution in [0, 0.1) is 25.0 Å². The van der Waals surface area contributed by atoms with Gasteiger partial charge in [0.1, 0.15) is 29.0 Å². The van der Waals surface area contributed by atoms with Crippen molar-refractivity contribution in [1.82, 2.24) is 14.4 Å². The van der Waals surface area contributed by atoms with E-state index < -0.39 is 41.8 Å². The number of nitrogens with zero attached hydrogens (tertiary/aromatic N) is 4. The lowest BCUT2D eigenvalue weighted by molar-refractivity contribution is -0.621. The first-order valence-corrected chi connectivity index (χ1v) is 9.46. The minimum Gasteiger partial charge on any atom is -0.711 e. The Morgan fingerprint density at radius 2 is 1.50 bits per heavy atom. The van der Waals surface area contributed by atoms with Crippen molar-refractivity contribution in [3.8, 4) is 5.75 Å². The molecule has 1 aromatic carbocycles. The zero-order chi connectivity index (χ0) is 24.1. The standard InChI is InChI=1S/C20H21F3N4O5/c1-10-11(2)27(31)16(24(10)3)14(12-6-8-13(9-7-12)32-20(21,22)23)15-17(28)25(4)19(30)26(5)18(15)29/h6-9,14-15H,1-5H3/t14-/m1/s1. The Labute approximate surface area is 181 Å². The molecule has 12 heteroatoms. The highest BCUT2D eigenvalue weighted by Crippen LogP contribution is 2.37. The number of hydrogen-bond donors (Lipinski definition) is 0. The number of imide groups is 2. The molecule has 1 aliphatic rings. The number of halogens is 3. The van der Waals surface area contributed by atoms with Gasteiger partial charge in [-0.25, -0.2) is 14.1 Å². The second-order valence-electron chi connectivity index (χ2n) is 7.53. The molecule has 3 rings (SSSR count). The van der Waals surface area contributed by atoms with Crippen molar-refractivity contribution >= 4 is 17.8 Å². The highest BCUT2D eigenvalue weighted by Gasteiger charge is 2.51. The van der Waals surface area contributed by atoms with Crippen molar-refractivity contribution in [1.29, 1.82) is 0 Å². The van der Waals surface area contributed by atoms with Crippen LogP contribution in [0.2, 0.25) is 0 Å². The van der Waals surface area contributed by atoms with Crippen molar-refractivity contribution in [2.24, 2.45) is 13.0 Å². The lowest BCUT2D eigenvalue weighted by Gasteiger charge is -2.35. The first-order chi connectivity index (χ1) is 14.8. The van der Waals surface area contributed by atoms with Gasteiger partial charge in [0.15, 0.2) is 0 Å². The molecule has 9 nitrogen and oxygen atoms in total. The molecule has 0 unspecified atom stereocenters. The molecular formula is C20H21F3N4O5. The molecule has 0 N–H and O–H groups in total. The Morgan fingerprint density at radius 1 is 1.00 bits per heavy atom. The number of ether oxygens (including phenoxy) is 1. The van der Waals surface area contributed by atoms with Crippen LogP contribution in [0.15, 0.2) is 24.3 Å². The van der Waals surface area contributed by atoms with Gasteiger partial charge in [-0.05, 0) is 17.7 Å². The smallest absolute Gasteiger partial charge is 0.573 e. The fraction of sp³-hybridized carbons (Fsp3) is 0.400. The third kappa shape index (κ3) is 3.76. The van der Waals surface area contributed by atoms with E-state index in [0.717, 1.165) is 21.9 Å². The summed E-state index contributed by atoms with van der Waals surface area (Å²) in [6.45, 7) is 3.24. The van der Waals surface area contributed by atoms with Crippen LogP contribution < -0.4 is 9.47 Å². The summed E-state index contributed by atoms with van der Waals surface area (Å²) in [7, 11) is 4.01. The molecule has 1 saturated heterocycles. The van der Waals surface area contributed by atoms with Gasteiger partial charge in [-0.15, -0.1) is 13.2 Å². The van der Waals surface area contributed by atoms with Gasteiger partial charge in [0.25, 0.3) is 5.82 Å². The number of alkyl halides is 3. The molecule has 4 amide bonds. The number of aromatic nitrogens is 2. The number of amides is 4. The number of urea groups is 1. The number of imidazole rings is 1. The summed E-state index contributed by atoms with van der Waals surface area (Å²) in [5.41, 5.74) is 1.14. The second-order valence-corrected chi connectivity index (χ2v) is 7.53. The zero-order valence-corrected chi connectivity index (χ0v) is 17.9. The molecule has 2 aromatic rings. The van der Waals surface area contributed by atoms with E-state index in [0.29, 0.717) is 16.1 Å². The van der Waals surface area contributed by atoms with Crippen LogP contribution in [0.3, 0.4) is 0 Å². The molecule has 1 aliphatic heterocycles. The SMILES string of the molecule is Cc1c(C)[n+]([O-])c([C@H](c2ccc(OC(F)(F)F)cc2)C2C(=O)N(C)C(=O)N(C)C2=O)n1C. The normalized spacial score (nSPS) is 16.7. The Bertz CT molecular complexity index is 1040. The molecule has 0 saturated carbocycles. The number of benzene rings is 1. The maximum atomic E-state index is 13.0. The van der Waals surface area contributed by atoms with E-state index in [4.69, 9.17) is 0 Å². The van der Waals surface area contributed by atoms with Gasteiger partial charge >= 0.3 is 12.4 Å². The molecule has 0 spiro atoms. The Kier molecular flexibility index (Phi) is 5.66. The van der Waals surface area contributed by atoms with E-state index in [-0.39, 0.29) is 11.4 Å². The highest BCUT2D eigenvalue weighted by atomic mass is 19.4. The second kappa shape index (κ2) is 7.84. The van der Waals surface area contributed by atoms with E-state index >= 15 is 0 Å². The van der Waals surface area contributed by atoms with E-state index in [1.54, 1.807) is 20.9 Å². The summed E-state index contributed by atoms with van der Waals surface area (Å²) in [6, 6.07) is 3.74. The summed E-state index contributed by atoms with van der Waals surface area (Å²) < 4.78 is 43.6. The Morgan fingerprint density at radius 3 is 1.91 bits per heavy atom. The summed E-state index contributed by atoms with van der Waals surface area (Å²) in [4.78, 5) is 39.7. The van der Waals surface area contributed by atoms with Crippen molar-refractivity contribution in [2.75, 3.05) is 14.1 Å². The van der Waals surface area contributed by atoms with E-state index in [1.807, 2.05) is 0 Å². The van der Waals surface area contributed by atoms with Crippen molar-refractivity contribution in [3.63, 3.8) is 0 Å². The van der Waals surface area contributed by atoms with E-state index in [2.05, 4.69) is 4.74 Å². The summed E-state index contributed by atoms with van der Waals surface area (Å²) >= 11 is 0. The quantitative estimate of drug-likeness (QED) is 0.400. The van der Waals surface area contributed by atoms with Crippen LogP contribution in [0.5, 0.6) is 5.75 Å². The average Bonchev–Trinajstić information content (AvgIpc) is 2.91. The maximum Gasteiger partial charge on any atom is 0.573 e. The summed E-state index contributed by atoms with van der Waals surface area (Å²) in [5, 5.41) is 13.0. The highest BCUT2D eigenvalue weighted by molar-refractivity contribution is 6.16. The molecule has 1 aromatic heterocycles. The lowest BCUT2D eigenvalue weighted by atomic mass is 9.82. The van der Waals surface area contributed by atoms with Crippen molar-refractivity contribution in [2.45, 2.75) is 26.1 Å². The fourth-order valence-corrected chi connectivity index (χ4v) is 3.79. The van der Waals surface area contributed by atoms with Crippen LogP contribution in [0.4, 0.5) is 18.0 Å². The Balaban J connectivity index is 2.20. The molecule has 1 fully saturated rings. The van der Waals surface area contributed by atoms with Gasteiger partial charge in [-0.2, -0.15) is 0 Å². The number of barbiturate groups is 1. The van der Waals surface area contributed by atoms with Crippen molar-refractivity contribution in [3.05, 3.63) is 52.2 Å². The third-order valence-corrected chi connectivity index (χ3v) is 5.73. The predicted molar refractivity (Wildman–Crippen MR) is 103 cm³/mol.